The van der Waals surface area contributed by atoms with Crippen molar-refractivity contribution in [3.05, 3.63) is 39.4 Å². The Bertz CT molecular complexity index is 581. The van der Waals surface area contributed by atoms with Crippen LogP contribution in [-0.2, 0) is 6.42 Å². The van der Waals surface area contributed by atoms with Crippen molar-refractivity contribution in [2.24, 2.45) is 11.8 Å². The second-order valence-corrected chi connectivity index (χ2v) is 5.84. The molecule has 22 heavy (non-hydrogen) atoms. The fraction of sp³-hybridized carbons (Fsp3) is 0.533. The van der Waals surface area contributed by atoms with Gasteiger partial charge in [0.15, 0.2) is 0 Å². The van der Waals surface area contributed by atoms with Gasteiger partial charge in [-0.1, -0.05) is 13.0 Å². The SMILES string of the molecule is CCc1ccc(C(=O)N2C[C@H]3CNC[C@H]3C2)cc1[N+](=O)[O-].Cl. The summed E-state index contributed by atoms with van der Waals surface area (Å²) in [6.45, 7) is 5.30. The van der Waals surface area contributed by atoms with Crippen LogP contribution in [-0.4, -0.2) is 41.9 Å². The van der Waals surface area contributed by atoms with Crippen molar-refractivity contribution in [2.45, 2.75) is 13.3 Å². The Kier molecular flexibility index (Phi) is 5.03. The fourth-order valence-corrected chi connectivity index (χ4v) is 3.37. The van der Waals surface area contributed by atoms with Crippen LogP contribution in [0.5, 0.6) is 0 Å². The lowest BCUT2D eigenvalue weighted by atomic mass is 10.0. The van der Waals surface area contributed by atoms with E-state index in [0.717, 1.165) is 26.2 Å². The summed E-state index contributed by atoms with van der Waals surface area (Å²) >= 11 is 0. The molecule has 1 amide bonds. The van der Waals surface area contributed by atoms with Crippen LogP contribution in [0.4, 0.5) is 5.69 Å². The first-order valence-corrected chi connectivity index (χ1v) is 7.37. The molecule has 0 aliphatic carbocycles. The Morgan fingerprint density at radius 2 is 2.00 bits per heavy atom. The molecule has 2 saturated heterocycles. The van der Waals surface area contributed by atoms with E-state index in [4.69, 9.17) is 0 Å². The van der Waals surface area contributed by atoms with Crippen molar-refractivity contribution in [1.29, 1.82) is 0 Å². The minimum absolute atomic E-state index is 0. The Morgan fingerprint density at radius 3 is 2.55 bits per heavy atom. The van der Waals surface area contributed by atoms with Gasteiger partial charge in [-0.05, 0) is 24.3 Å². The van der Waals surface area contributed by atoms with Crippen molar-refractivity contribution in [2.75, 3.05) is 26.2 Å². The molecule has 0 radical (unpaired) electrons. The number of nitro benzene ring substituents is 1. The average molecular weight is 326 g/mol. The monoisotopic (exact) mass is 325 g/mol. The molecule has 0 spiro atoms. The number of carbonyl (C=O) groups excluding carboxylic acids is 1. The molecule has 7 heteroatoms. The van der Waals surface area contributed by atoms with Crippen LogP contribution in [0, 0.1) is 22.0 Å². The maximum Gasteiger partial charge on any atom is 0.273 e. The molecule has 1 aromatic carbocycles. The van der Waals surface area contributed by atoms with Gasteiger partial charge >= 0.3 is 0 Å². The van der Waals surface area contributed by atoms with E-state index in [2.05, 4.69) is 5.32 Å². The number of carbonyl (C=O) groups is 1. The van der Waals surface area contributed by atoms with Crippen molar-refractivity contribution >= 4 is 24.0 Å². The molecule has 120 valence electrons. The zero-order valence-corrected chi connectivity index (χ0v) is 13.3. The molecule has 2 atom stereocenters. The van der Waals surface area contributed by atoms with Gasteiger partial charge in [-0.15, -0.1) is 12.4 Å². The Morgan fingerprint density at radius 1 is 1.36 bits per heavy atom. The molecule has 3 rings (SSSR count). The molecule has 2 heterocycles. The summed E-state index contributed by atoms with van der Waals surface area (Å²) in [5.41, 5.74) is 1.13. The number of likely N-dealkylation sites (tertiary alicyclic amines) is 1. The number of fused-ring (bicyclic) bond motifs is 1. The number of rotatable bonds is 3. The highest BCUT2D eigenvalue weighted by Crippen LogP contribution is 2.28. The molecule has 0 aromatic heterocycles. The van der Waals surface area contributed by atoms with E-state index < -0.39 is 4.92 Å². The van der Waals surface area contributed by atoms with Gasteiger partial charge in [-0.2, -0.15) is 0 Å². The quantitative estimate of drug-likeness (QED) is 0.680. The van der Waals surface area contributed by atoms with Gasteiger partial charge in [0.2, 0.25) is 0 Å². The largest absolute Gasteiger partial charge is 0.338 e. The minimum atomic E-state index is -0.405. The number of hydrogen-bond donors (Lipinski definition) is 1. The third-order valence-corrected chi connectivity index (χ3v) is 4.59. The van der Waals surface area contributed by atoms with Gasteiger partial charge in [-0.3, -0.25) is 14.9 Å². The van der Waals surface area contributed by atoms with Crippen LogP contribution >= 0.6 is 12.4 Å². The first kappa shape index (κ1) is 16.7. The van der Waals surface area contributed by atoms with Crippen molar-refractivity contribution in [1.82, 2.24) is 10.2 Å². The molecule has 0 bridgehead atoms. The molecule has 2 fully saturated rings. The van der Waals surface area contributed by atoms with Gasteiger partial charge in [0.1, 0.15) is 0 Å². The number of halogens is 1. The van der Waals surface area contributed by atoms with Crippen LogP contribution in [0.1, 0.15) is 22.8 Å². The van der Waals surface area contributed by atoms with Gasteiger partial charge in [0, 0.05) is 43.4 Å². The molecular formula is C15H20ClN3O3. The second kappa shape index (κ2) is 6.62. The van der Waals surface area contributed by atoms with E-state index in [-0.39, 0.29) is 24.0 Å². The van der Waals surface area contributed by atoms with Crippen molar-refractivity contribution in [3.63, 3.8) is 0 Å². The zero-order valence-electron chi connectivity index (χ0n) is 12.4. The van der Waals surface area contributed by atoms with E-state index >= 15 is 0 Å². The van der Waals surface area contributed by atoms with Crippen LogP contribution < -0.4 is 5.32 Å². The van der Waals surface area contributed by atoms with E-state index in [0.29, 0.717) is 29.4 Å². The Balaban J connectivity index is 0.00000176. The number of nitrogens with zero attached hydrogens (tertiary/aromatic N) is 2. The van der Waals surface area contributed by atoms with E-state index in [9.17, 15) is 14.9 Å². The summed E-state index contributed by atoms with van der Waals surface area (Å²) in [7, 11) is 0. The van der Waals surface area contributed by atoms with Crippen LogP contribution in [0.2, 0.25) is 0 Å². The first-order valence-electron chi connectivity index (χ1n) is 7.37. The number of hydrogen-bond acceptors (Lipinski definition) is 4. The van der Waals surface area contributed by atoms with Crippen molar-refractivity contribution in [3.8, 4) is 0 Å². The summed E-state index contributed by atoms with van der Waals surface area (Å²) in [5.74, 6) is 0.966. The summed E-state index contributed by atoms with van der Waals surface area (Å²) < 4.78 is 0. The number of amides is 1. The molecule has 0 unspecified atom stereocenters. The molecular weight excluding hydrogens is 306 g/mol. The zero-order chi connectivity index (χ0) is 15.0. The van der Waals surface area contributed by atoms with E-state index in [1.165, 1.54) is 6.07 Å². The minimum Gasteiger partial charge on any atom is -0.338 e. The number of benzene rings is 1. The highest BCUT2D eigenvalue weighted by atomic mass is 35.5. The summed E-state index contributed by atoms with van der Waals surface area (Å²) in [6.07, 6.45) is 0.588. The van der Waals surface area contributed by atoms with Gasteiger partial charge in [0.25, 0.3) is 11.6 Å². The third kappa shape index (κ3) is 2.94. The number of nitrogens with one attached hydrogen (secondary N) is 1. The first-order chi connectivity index (χ1) is 10.1. The number of nitro groups is 1. The Hall–Kier alpha value is -1.66. The maximum absolute atomic E-state index is 12.5. The van der Waals surface area contributed by atoms with Gasteiger partial charge in [-0.25, -0.2) is 0 Å². The summed E-state index contributed by atoms with van der Waals surface area (Å²) in [6, 6.07) is 4.83. The molecule has 2 aliphatic heterocycles. The Labute approximate surface area is 135 Å². The fourth-order valence-electron chi connectivity index (χ4n) is 3.37. The van der Waals surface area contributed by atoms with Crippen LogP contribution in [0.15, 0.2) is 18.2 Å². The smallest absolute Gasteiger partial charge is 0.273 e. The van der Waals surface area contributed by atoms with Gasteiger partial charge in [0.05, 0.1) is 4.92 Å². The molecule has 1 aromatic rings. The maximum atomic E-state index is 12.5. The topological polar surface area (TPSA) is 75.5 Å². The summed E-state index contributed by atoms with van der Waals surface area (Å²) in [4.78, 5) is 25.1. The second-order valence-electron chi connectivity index (χ2n) is 5.84. The standard InChI is InChI=1S/C15H19N3O3.ClH/c1-2-10-3-4-11(5-14(10)18(20)21)15(19)17-8-12-6-16-7-13(12)9-17;/h3-5,12-13,16H,2,6-9H2,1H3;1H/t12-,13+;. The van der Waals surface area contributed by atoms with Crippen LogP contribution in [0.25, 0.3) is 0 Å². The van der Waals surface area contributed by atoms with Gasteiger partial charge < -0.3 is 10.2 Å². The average Bonchev–Trinajstić information content (AvgIpc) is 3.06. The lowest BCUT2D eigenvalue weighted by Gasteiger charge is -2.17. The number of aryl methyl sites for hydroxylation is 1. The normalized spacial score (nSPS) is 23.0. The molecule has 0 saturated carbocycles. The van der Waals surface area contributed by atoms with E-state index in [1.807, 2.05) is 11.8 Å². The highest BCUT2D eigenvalue weighted by Gasteiger charge is 2.38. The molecule has 1 N–H and O–H groups in total. The van der Waals surface area contributed by atoms with Crippen LogP contribution in [0.3, 0.4) is 0 Å². The predicted molar refractivity (Wildman–Crippen MR) is 85.5 cm³/mol. The highest BCUT2D eigenvalue weighted by molar-refractivity contribution is 5.95. The lowest BCUT2D eigenvalue weighted by Crippen LogP contribution is -2.31. The summed E-state index contributed by atoms with van der Waals surface area (Å²) in [5, 5.41) is 14.4. The predicted octanol–water partition coefficient (Wildman–Crippen LogP) is 1.87. The third-order valence-electron chi connectivity index (χ3n) is 4.59. The molecule has 6 nitrogen and oxygen atoms in total. The molecule has 2 aliphatic rings. The lowest BCUT2D eigenvalue weighted by molar-refractivity contribution is -0.385. The van der Waals surface area contributed by atoms with Crippen molar-refractivity contribution < 1.29 is 9.72 Å². The van der Waals surface area contributed by atoms with E-state index in [1.54, 1.807) is 12.1 Å².